The monoisotopic (exact) mass is 497 g/mol. The molecule has 2 rings (SSSR count). The van der Waals surface area contributed by atoms with Crippen molar-refractivity contribution in [3.05, 3.63) is 54.9 Å². The summed E-state index contributed by atoms with van der Waals surface area (Å²) in [6.07, 6.45) is 0. The number of aryl methyl sites for hydroxylation is 1. The number of nitrogens with zero attached hydrogens (tertiary/aromatic N) is 1. The van der Waals surface area contributed by atoms with Gasteiger partial charge in [-0.15, -0.1) is 11.3 Å². The number of ether oxygens (including phenoxy) is 2. The molecule has 0 saturated heterocycles. The molecule has 0 aliphatic heterocycles. The Morgan fingerprint density at radius 2 is 1.88 bits per heavy atom. The summed E-state index contributed by atoms with van der Waals surface area (Å²) < 4.78 is 9.83. The number of nitro benzene ring substituents is 1. The molecule has 2 aromatic rings. The first-order valence-electron chi connectivity index (χ1n) is 9.49. The van der Waals surface area contributed by atoms with E-state index < -0.39 is 47.5 Å². The number of rotatable bonds is 9. The first kappa shape index (κ1) is 25.7. The van der Waals surface area contributed by atoms with Crippen LogP contribution in [0.25, 0.3) is 0 Å². The molecule has 1 heterocycles. The molecule has 0 aliphatic rings. The van der Waals surface area contributed by atoms with Gasteiger partial charge in [0.15, 0.2) is 6.61 Å². The molecular formula is C20H20ClN3O8S. The van der Waals surface area contributed by atoms with Gasteiger partial charge in [-0.05, 0) is 38.5 Å². The average Bonchev–Trinajstić information content (AvgIpc) is 3.03. The molecule has 0 saturated carbocycles. The number of nitro groups is 1. The highest BCUT2D eigenvalue weighted by Gasteiger charge is 2.22. The number of esters is 2. The number of benzene rings is 1. The van der Waals surface area contributed by atoms with E-state index in [4.69, 9.17) is 21.1 Å². The Labute approximate surface area is 197 Å². The van der Waals surface area contributed by atoms with Gasteiger partial charge in [0.1, 0.15) is 16.6 Å². The fraction of sp³-hybridized carbons (Fsp3) is 0.300. The highest BCUT2D eigenvalue weighted by Crippen LogP contribution is 2.33. The van der Waals surface area contributed by atoms with Crippen LogP contribution >= 0.6 is 22.9 Å². The lowest BCUT2D eigenvalue weighted by molar-refractivity contribution is -0.384. The van der Waals surface area contributed by atoms with Gasteiger partial charge >= 0.3 is 11.9 Å². The van der Waals surface area contributed by atoms with E-state index in [0.717, 1.165) is 10.9 Å². The van der Waals surface area contributed by atoms with Crippen molar-refractivity contribution in [1.82, 2.24) is 5.32 Å². The van der Waals surface area contributed by atoms with Gasteiger partial charge in [-0.3, -0.25) is 24.5 Å². The molecule has 13 heteroatoms. The summed E-state index contributed by atoms with van der Waals surface area (Å²) in [5.74, 6) is -2.93. The van der Waals surface area contributed by atoms with Gasteiger partial charge in [-0.25, -0.2) is 4.79 Å². The van der Waals surface area contributed by atoms with Crippen LogP contribution in [-0.2, 0) is 19.1 Å². The first-order chi connectivity index (χ1) is 15.5. The molecule has 0 bridgehead atoms. The van der Waals surface area contributed by atoms with Crippen molar-refractivity contribution in [2.24, 2.45) is 0 Å². The molecule has 2 N–H and O–H groups in total. The van der Waals surface area contributed by atoms with Gasteiger partial charge in [0.05, 0.1) is 17.1 Å². The Hall–Kier alpha value is -3.51. The van der Waals surface area contributed by atoms with Crippen LogP contribution in [0.15, 0.2) is 18.2 Å². The zero-order valence-corrected chi connectivity index (χ0v) is 19.4. The van der Waals surface area contributed by atoms with Crippen molar-refractivity contribution < 1.29 is 33.6 Å². The summed E-state index contributed by atoms with van der Waals surface area (Å²) in [6.45, 7) is 4.12. The van der Waals surface area contributed by atoms with Gasteiger partial charge in [-0.2, -0.15) is 0 Å². The molecule has 0 atom stereocenters. The molecule has 1 aromatic carbocycles. The molecular weight excluding hydrogens is 478 g/mol. The van der Waals surface area contributed by atoms with Crippen molar-refractivity contribution in [1.29, 1.82) is 0 Å². The van der Waals surface area contributed by atoms with Crippen LogP contribution in [-0.4, -0.2) is 48.4 Å². The standard InChI is InChI=1S/C20H20ClN3O8S/c1-4-31-20(28)17-10(2)11(3)33-19(17)23-15(25)9-32-16(26)8-22-18(27)12-5-6-13(21)14(7-12)24(29)30/h5-7H,4,8-9H2,1-3H3,(H,22,27)(H,23,25). The smallest absolute Gasteiger partial charge is 0.341 e. The van der Waals surface area contributed by atoms with Crippen LogP contribution in [0.2, 0.25) is 5.02 Å². The second-order valence-electron chi connectivity index (χ2n) is 6.52. The lowest BCUT2D eigenvalue weighted by Crippen LogP contribution is -2.32. The van der Waals surface area contributed by atoms with Gasteiger partial charge < -0.3 is 20.1 Å². The van der Waals surface area contributed by atoms with Crippen LogP contribution in [0.3, 0.4) is 0 Å². The van der Waals surface area contributed by atoms with Crippen LogP contribution < -0.4 is 10.6 Å². The number of carbonyl (C=O) groups excluding carboxylic acids is 4. The predicted molar refractivity (Wildman–Crippen MR) is 120 cm³/mol. The largest absolute Gasteiger partial charge is 0.462 e. The minimum atomic E-state index is -0.911. The average molecular weight is 498 g/mol. The van der Waals surface area contributed by atoms with Crippen LogP contribution in [0.4, 0.5) is 10.7 Å². The molecule has 0 spiro atoms. The van der Waals surface area contributed by atoms with Crippen molar-refractivity contribution >= 4 is 57.4 Å². The minimum absolute atomic E-state index is 0.0772. The maximum Gasteiger partial charge on any atom is 0.341 e. The lowest BCUT2D eigenvalue weighted by Gasteiger charge is -2.09. The highest BCUT2D eigenvalue weighted by atomic mass is 35.5. The number of hydrogen-bond donors (Lipinski definition) is 2. The maximum atomic E-state index is 12.2. The van der Waals surface area contributed by atoms with Crippen LogP contribution in [0, 0.1) is 24.0 Å². The summed E-state index contributed by atoms with van der Waals surface area (Å²) in [5.41, 5.74) is 0.385. The number of amides is 2. The molecule has 0 radical (unpaired) electrons. The Balaban J connectivity index is 1.89. The van der Waals surface area contributed by atoms with Crippen molar-refractivity contribution in [2.75, 3.05) is 25.1 Å². The van der Waals surface area contributed by atoms with Crippen molar-refractivity contribution in [2.45, 2.75) is 20.8 Å². The molecule has 176 valence electrons. The maximum absolute atomic E-state index is 12.2. The van der Waals surface area contributed by atoms with E-state index in [9.17, 15) is 29.3 Å². The van der Waals surface area contributed by atoms with E-state index >= 15 is 0 Å². The highest BCUT2D eigenvalue weighted by molar-refractivity contribution is 7.16. The van der Waals surface area contributed by atoms with Gasteiger partial charge in [0.25, 0.3) is 17.5 Å². The Kier molecular flexibility index (Phi) is 8.88. The molecule has 11 nitrogen and oxygen atoms in total. The third-order valence-corrected chi connectivity index (χ3v) is 5.72. The number of thiophene rings is 1. The third kappa shape index (κ3) is 6.73. The fourth-order valence-electron chi connectivity index (χ4n) is 2.57. The van der Waals surface area contributed by atoms with E-state index in [1.54, 1.807) is 20.8 Å². The number of nitrogens with one attached hydrogen (secondary N) is 2. The molecule has 0 unspecified atom stereocenters. The van der Waals surface area contributed by atoms with E-state index in [2.05, 4.69) is 10.6 Å². The fourth-order valence-corrected chi connectivity index (χ4v) is 3.82. The van der Waals surface area contributed by atoms with Crippen LogP contribution in [0.5, 0.6) is 0 Å². The Bertz CT molecular complexity index is 1110. The normalized spacial score (nSPS) is 10.3. The first-order valence-corrected chi connectivity index (χ1v) is 10.7. The van der Waals surface area contributed by atoms with E-state index in [1.165, 1.54) is 23.5 Å². The number of anilines is 1. The second-order valence-corrected chi connectivity index (χ2v) is 8.15. The molecule has 1 aromatic heterocycles. The third-order valence-electron chi connectivity index (χ3n) is 4.28. The molecule has 33 heavy (non-hydrogen) atoms. The molecule has 0 fully saturated rings. The quantitative estimate of drug-likeness (QED) is 0.304. The summed E-state index contributed by atoms with van der Waals surface area (Å²) >= 11 is 6.88. The lowest BCUT2D eigenvalue weighted by atomic mass is 10.1. The van der Waals surface area contributed by atoms with Gasteiger partial charge in [0.2, 0.25) is 0 Å². The minimum Gasteiger partial charge on any atom is -0.462 e. The van der Waals surface area contributed by atoms with Crippen molar-refractivity contribution in [3.8, 4) is 0 Å². The number of halogens is 1. The zero-order chi connectivity index (χ0) is 24.7. The summed E-state index contributed by atoms with van der Waals surface area (Å²) in [5, 5.41) is 15.8. The van der Waals surface area contributed by atoms with Crippen molar-refractivity contribution in [3.63, 3.8) is 0 Å². The van der Waals surface area contributed by atoms with Gasteiger partial charge in [-0.1, -0.05) is 11.6 Å². The zero-order valence-electron chi connectivity index (χ0n) is 17.9. The topological polar surface area (TPSA) is 154 Å². The molecule has 2 amide bonds. The Morgan fingerprint density at radius 3 is 2.52 bits per heavy atom. The summed E-state index contributed by atoms with van der Waals surface area (Å²) in [4.78, 5) is 59.3. The summed E-state index contributed by atoms with van der Waals surface area (Å²) in [7, 11) is 0. The summed E-state index contributed by atoms with van der Waals surface area (Å²) in [6, 6.07) is 3.42. The van der Waals surface area contributed by atoms with E-state index in [-0.39, 0.29) is 27.8 Å². The predicted octanol–water partition coefficient (Wildman–Crippen LogP) is 3.01. The van der Waals surface area contributed by atoms with Crippen LogP contribution in [0.1, 0.15) is 38.1 Å². The van der Waals surface area contributed by atoms with Gasteiger partial charge in [0, 0.05) is 16.5 Å². The Morgan fingerprint density at radius 1 is 1.18 bits per heavy atom. The second kappa shape index (κ2) is 11.4. The number of hydrogen-bond acceptors (Lipinski definition) is 9. The molecule has 0 aliphatic carbocycles. The SMILES string of the molecule is CCOC(=O)c1c(NC(=O)COC(=O)CNC(=O)c2ccc(Cl)c([N+](=O)[O-])c2)sc(C)c1C. The number of carbonyl (C=O) groups is 4. The van der Waals surface area contributed by atoms with E-state index in [0.29, 0.717) is 5.56 Å². The van der Waals surface area contributed by atoms with E-state index in [1.807, 2.05) is 0 Å².